The van der Waals surface area contributed by atoms with E-state index in [4.69, 9.17) is 15.9 Å². The summed E-state index contributed by atoms with van der Waals surface area (Å²) in [6.45, 7) is 1.24. The van der Waals surface area contributed by atoms with E-state index < -0.39 is 85.0 Å². The molecular weight excluding hydrogens is 780 g/mol. The smallest absolute Gasteiger partial charge is 0.324 e. The second-order valence-corrected chi connectivity index (χ2v) is 14.0. The molecule has 5 N–H and O–H groups in total. The van der Waals surface area contributed by atoms with E-state index >= 15 is 0 Å². The molecule has 1 unspecified atom stereocenters. The van der Waals surface area contributed by atoms with E-state index in [0.717, 1.165) is 16.9 Å². The topological polar surface area (TPSA) is 371 Å². The van der Waals surface area contributed by atoms with Crippen LogP contribution in [-0.4, -0.2) is 67.5 Å². The van der Waals surface area contributed by atoms with Crippen molar-refractivity contribution in [2.24, 2.45) is 5.73 Å². The van der Waals surface area contributed by atoms with Gasteiger partial charge in [0.25, 0.3) is 22.9 Å². The number of nitrogens with one attached hydrogen (secondary N) is 1. The van der Waals surface area contributed by atoms with Gasteiger partial charge in [0.15, 0.2) is 9.84 Å². The van der Waals surface area contributed by atoms with Crippen LogP contribution in [0, 0.1) is 60.7 Å². The Morgan fingerprint density at radius 2 is 1.13 bits per heavy atom. The van der Waals surface area contributed by atoms with Crippen LogP contribution >= 0.6 is 11.8 Å². The highest BCUT2D eigenvalue weighted by molar-refractivity contribution is 7.99. The molecule has 1 aliphatic heterocycles. The van der Waals surface area contributed by atoms with E-state index in [1.54, 1.807) is 23.9 Å². The number of nitro groups is 6. The summed E-state index contributed by atoms with van der Waals surface area (Å²) in [5.41, 5.74) is 1.93. The second kappa shape index (κ2) is 17.7. The standard InChI is InChI=1S/C17H20N2O2S2.2C6H3N3O7/c1-23(20,21)13-6-7-17-14(11-13)15(19-9-8-18)10-12-4-2-3-5-16(12)22-17;2*10-6-4(8(13)14)1-3(7(11)12)2-5(6)9(15)16/h2-7,11,15,19H,8-10,18H2,1H3;2*1-2,10H. The number of nitro benzene ring substituents is 6. The number of fused-ring (bicyclic) bond motifs is 2. The Bertz CT molecular complexity index is 2160. The van der Waals surface area contributed by atoms with Crippen LogP contribution in [0.5, 0.6) is 11.5 Å². The summed E-state index contributed by atoms with van der Waals surface area (Å²) in [6.07, 6.45) is 2.07. The van der Waals surface area contributed by atoms with Gasteiger partial charge in [-0.1, -0.05) is 30.0 Å². The first-order valence-corrected chi connectivity index (χ1v) is 17.5. The van der Waals surface area contributed by atoms with Gasteiger partial charge in [-0.3, -0.25) is 60.7 Å². The fourth-order valence-electron chi connectivity index (χ4n) is 4.73. The number of hydrogen-bond acceptors (Lipinski definition) is 19. The lowest BCUT2D eigenvalue weighted by Crippen LogP contribution is -2.28. The summed E-state index contributed by atoms with van der Waals surface area (Å²) in [7, 11) is -3.22. The lowest BCUT2D eigenvalue weighted by Gasteiger charge is -2.19. The molecule has 290 valence electrons. The largest absolute Gasteiger partial charge is 0.497 e. The highest BCUT2D eigenvalue weighted by atomic mass is 32.2. The maximum Gasteiger partial charge on any atom is 0.324 e. The van der Waals surface area contributed by atoms with Gasteiger partial charge in [-0.15, -0.1) is 0 Å². The number of hydrogen-bond donors (Lipinski definition) is 4. The molecule has 0 amide bonds. The molecule has 0 saturated carbocycles. The van der Waals surface area contributed by atoms with Gasteiger partial charge in [0.05, 0.1) is 58.7 Å². The van der Waals surface area contributed by atoms with Gasteiger partial charge in [-0.05, 0) is 41.8 Å². The molecule has 0 radical (unpaired) electrons. The highest BCUT2D eigenvalue weighted by Gasteiger charge is 2.31. The maximum absolute atomic E-state index is 11.9. The Morgan fingerprint density at radius 3 is 1.51 bits per heavy atom. The summed E-state index contributed by atoms with van der Waals surface area (Å²) >= 11 is 1.69. The zero-order chi connectivity index (χ0) is 41.4. The fourth-order valence-corrected chi connectivity index (χ4v) is 6.51. The van der Waals surface area contributed by atoms with Gasteiger partial charge in [0.1, 0.15) is 0 Å². The SMILES string of the molecule is CS(=O)(=O)c1ccc2c(c1)C(NCCN)Cc1ccccc1S2.O=[N+]([O-])c1cc([N+](=O)[O-])c(O)c([N+](=O)[O-])c1.O=[N+]([O-])c1cc([N+](=O)[O-])c(O)c([N+](=O)[O-])c1. The molecule has 1 heterocycles. The van der Waals surface area contributed by atoms with Crippen LogP contribution in [0.25, 0.3) is 0 Å². The number of aromatic hydroxyl groups is 2. The predicted octanol–water partition coefficient (Wildman–Crippen LogP) is 4.62. The zero-order valence-electron chi connectivity index (χ0n) is 27.7. The van der Waals surface area contributed by atoms with Crippen LogP contribution in [0.3, 0.4) is 0 Å². The second-order valence-electron chi connectivity index (χ2n) is 10.9. The van der Waals surface area contributed by atoms with E-state index in [1.165, 1.54) is 16.7 Å². The number of phenolic OH excluding ortho intramolecular Hbond substituents is 2. The Kier molecular flexibility index (Phi) is 13.7. The number of sulfone groups is 1. The molecule has 0 aromatic heterocycles. The third kappa shape index (κ3) is 10.6. The Hall–Kier alpha value is -6.90. The van der Waals surface area contributed by atoms with Crippen molar-refractivity contribution in [1.82, 2.24) is 5.32 Å². The maximum atomic E-state index is 11.9. The quantitative estimate of drug-likeness (QED) is 0.125. The van der Waals surface area contributed by atoms with Crippen LogP contribution in [0.2, 0.25) is 0 Å². The average molecular weight is 807 g/mol. The number of rotatable bonds is 10. The van der Waals surface area contributed by atoms with E-state index in [0.29, 0.717) is 42.3 Å². The van der Waals surface area contributed by atoms with Crippen molar-refractivity contribution in [3.8, 4) is 11.5 Å². The van der Waals surface area contributed by atoms with E-state index in [1.807, 2.05) is 18.2 Å². The molecule has 0 aliphatic carbocycles. The van der Waals surface area contributed by atoms with Crippen LogP contribution in [0.1, 0.15) is 17.2 Å². The molecule has 1 aliphatic rings. The predicted molar refractivity (Wildman–Crippen MR) is 190 cm³/mol. The van der Waals surface area contributed by atoms with Crippen molar-refractivity contribution in [2.75, 3.05) is 19.3 Å². The van der Waals surface area contributed by atoms with Gasteiger partial charge >= 0.3 is 22.7 Å². The molecule has 55 heavy (non-hydrogen) atoms. The molecule has 24 nitrogen and oxygen atoms in total. The molecule has 5 rings (SSSR count). The molecule has 4 aromatic rings. The lowest BCUT2D eigenvalue weighted by molar-refractivity contribution is -0.404. The first-order chi connectivity index (χ1) is 25.7. The Balaban J connectivity index is 0.000000228. The summed E-state index contributed by atoms with van der Waals surface area (Å²) < 4.78 is 23.8. The minimum Gasteiger partial charge on any atom is -0.497 e. The van der Waals surface area contributed by atoms with Crippen LogP contribution in [-0.2, 0) is 16.3 Å². The van der Waals surface area contributed by atoms with Gasteiger partial charge < -0.3 is 21.3 Å². The van der Waals surface area contributed by atoms with Crippen molar-refractivity contribution < 1.29 is 48.2 Å². The van der Waals surface area contributed by atoms with Crippen LogP contribution in [0.15, 0.2) is 81.4 Å². The minimum absolute atomic E-state index is 0.0615. The molecule has 0 bridgehead atoms. The monoisotopic (exact) mass is 806 g/mol. The minimum atomic E-state index is -3.22. The number of non-ortho nitro benzene ring substituents is 2. The number of phenols is 2. The van der Waals surface area contributed by atoms with Crippen molar-refractivity contribution in [3.05, 3.63) is 139 Å². The Labute approximate surface area is 311 Å². The first-order valence-electron chi connectivity index (χ1n) is 14.8. The van der Waals surface area contributed by atoms with Gasteiger partial charge in [-0.25, -0.2) is 8.42 Å². The summed E-state index contributed by atoms with van der Waals surface area (Å²) in [4.78, 5) is 58.2. The summed E-state index contributed by atoms with van der Waals surface area (Å²) in [5.74, 6) is -2.42. The average Bonchev–Trinajstić information content (AvgIpc) is 3.26. The molecule has 0 spiro atoms. The molecule has 26 heteroatoms. The summed E-state index contributed by atoms with van der Waals surface area (Å²) in [6, 6.07) is 15.6. The Morgan fingerprint density at radius 1 is 0.691 bits per heavy atom. The number of benzene rings is 4. The highest BCUT2D eigenvalue weighted by Crippen LogP contribution is 2.42. The van der Waals surface area contributed by atoms with Gasteiger partial charge in [0, 0.05) is 35.2 Å². The van der Waals surface area contributed by atoms with Crippen molar-refractivity contribution in [1.29, 1.82) is 0 Å². The number of nitrogens with zero attached hydrogens (tertiary/aromatic N) is 6. The molecule has 0 saturated heterocycles. The molecule has 1 atom stereocenters. The third-order valence-electron chi connectivity index (χ3n) is 7.25. The fraction of sp³-hybridized carbons (Fsp3) is 0.172. The van der Waals surface area contributed by atoms with Crippen LogP contribution in [0.4, 0.5) is 34.1 Å². The lowest BCUT2D eigenvalue weighted by atomic mass is 9.99. The first kappa shape index (κ1) is 42.5. The molecule has 4 aromatic carbocycles. The van der Waals surface area contributed by atoms with E-state index in [2.05, 4.69) is 17.4 Å². The van der Waals surface area contributed by atoms with Crippen molar-refractivity contribution in [2.45, 2.75) is 27.1 Å². The molecule has 0 fully saturated rings. The van der Waals surface area contributed by atoms with Crippen molar-refractivity contribution >= 4 is 55.7 Å². The van der Waals surface area contributed by atoms with E-state index in [9.17, 15) is 69.1 Å². The molecular formula is C29H26N8O16S2. The van der Waals surface area contributed by atoms with Gasteiger partial charge in [0.2, 0.25) is 0 Å². The third-order valence-corrected chi connectivity index (χ3v) is 9.57. The van der Waals surface area contributed by atoms with Crippen molar-refractivity contribution in [3.63, 3.8) is 0 Å². The van der Waals surface area contributed by atoms with E-state index in [-0.39, 0.29) is 6.04 Å². The van der Waals surface area contributed by atoms with Gasteiger partial charge in [-0.2, -0.15) is 0 Å². The zero-order valence-corrected chi connectivity index (χ0v) is 29.4. The summed E-state index contributed by atoms with van der Waals surface area (Å²) in [5, 5.41) is 83.9. The van der Waals surface area contributed by atoms with Crippen LogP contribution < -0.4 is 11.1 Å². The number of nitrogens with two attached hydrogens (primary N) is 1. The normalized spacial score (nSPS) is 12.9.